The van der Waals surface area contributed by atoms with Gasteiger partial charge >= 0.3 is 0 Å². The van der Waals surface area contributed by atoms with Gasteiger partial charge in [0.05, 0.1) is 14.2 Å². The Balaban J connectivity index is 0.00000180. The summed E-state index contributed by atoms with van der Waals surface area (Å²) in [7, 11) is 4.77. The standard InChI is InChI=1S/C13H18N2O3.ClH/c1-16-11-6-8-4-10(13(14)15-18-3)5-9(8)7-12(11)17-2;/h6-7,10H,4-5H2,1-3H3,(H2,14,15);1H. The van der Waals surface area contributed by atoms with Gasteiger partial charge in [-0.3, -0.25) is 0 Å². The van der Waals surface area contributed by atoms with Crippen LogP contribution in [0.5, 0.6) is 11.5 Å². The second-order valence-electron chi connectivity index (χ2n) is 4.28. The Morgan fingerprint density at radius 3 is 1.95 bits per heavy atom. The first-order valence-electron chi connectivity index (χ1n) is 5.79. The van der Waals surface area contributed by atoms with Gasteiger partial charge in [0, 0.05) is 5.92 Å². The van der Waals surface area contributed by atoms with Crippen LogP contribution in [0.2, 0.25) is 0 Å². The van der Waals surface area contributed by atoms with Crippen molar-refractivity contribution >= 4 is 18.2 Å². The molecule has 0 bridgehead atoms. The molecular formula is C13H19ClN2O3. The lowest BCUT2D eigenvalue weighted by Crippen LogP contribution is -2.24. The fourth-order valence-electron chi connectivity index (χ4n) is 2.34. The van der Waals surface area contributed by atoms with Crippen molar-refractivity contribution in [3.8, 4) is 11.5 Å². The van der Waals surface area contributed by atoms with Crippen molar-refractivity contribution in [2.75, 3.05) is 21.3 Å². The minimum absolute atomic E-state index is 0. The van der Waals surface area contributed by atoms with E-state index in [0.717, 1.165) is 24.3 Å². The Kier molecular flexibility index (Phi) is 5.30. The van der Waals surface area contributed by atoms with Crippen molar-refractivity contribution in [2.24, 2.45) is 16.8 Å². The molecule has 2 N–H and O–H groups in total. The first kappa shape index (κ1) is 15.4. The molecule has 0 saturated heterocycles. The van der Waals surface area contributed by atoms with Gasteiger partial charge in [0.15, 0.2) is 11.5 Å². The quantitative estimate of drug-likeness (QED) is 0.520. The average Bonchev–Trinajstić information content (AvgIpc) is 2.80. The van der Waals surface area contributed by atoms with E-state index in [-0.39, 0.29) is 18.3 Å². The average molecular weight is 287 g/mol. The highest BCUT2D eigenvalue weighted by Crippen LogP contribution is 2.36. The number of fused-ring (bicyclic) bond motifs is 1. The van der Waals surface area contributed by atoms with Crippen LogP contribution in [-0.2, 0) is 17.7 Å². The SMILES string of the molecule is CO/N=C(\N)C1Cc2cc(OC)c(OC)cc2C1.Cl. The molecule has 0 aromatic heterocycles. The lowest BCUT2D eigenvalue weighted by Gasteiger charge is -2.09. The summed E-state index contributed by atoms with van der Waals surface area (Å²) in [6.45, 7) is 0. The number of nitrogens with two attached hydrogens (primary N) is 1. The van der Waals surface area contributed by atoms with Gasteiger partial charge in [-0.05, 0) is 36.1 Å². The lowest BCUT2D eigenvalue weighted by molar-refractivity contribution is 0.210. The fraction of sp³-hybridized carbons (Fsp3) is 0.462. The van der Waals surface area contributed by atoms with E-state index in [1.54, 1.807) is 14.2 Å². The van der Waals surface area contributed by atoms with Crippen molar-refractivity contribution in [1.29, 1.82) is 0 Å². The molecule has 1 aliphatic rings. The molecule has 0 amide bonds. The summed E-state index contributed by atoms with van der Waals surface area (Å²) in [4.78, 5) is 4.72. The number of amidine groups is 1. The third kappa shape index (κ3) is 3.04. The van der Waals surface area contributed by atoms with Gasteiger partial charge in [-0.15, -0.1) is 12.4 Å². The Hall–Kier alpha value is -1.62. The maximum atomic E-state index is 5.87. The fourth-order valence-corrected chi connectivity index (χ4v) is 2.34. The molecule has 0 aliphatic heterocycles. The summed E-state index contributed by atoms with van der Waals surface area (Å²) < 4.78 is 10.6. The highest BCUT2D eigenvalue weighted by Gasteiger charge is 2.26. The monoisotopic (exact) mass is 286 g/mol. The number of oxime groups is 1. The van der Waals surface area contributed by atoms with Crippen LogP contribution in [0.4, 0.5) is 0 Å². The molecule has 0 saturated carbocycles. The molecule has 2 rings (SSSR count). The molecule has 19 heavy (non-hydrogen) atoms. The number of hydrogen-bond acceptors (Lipinski definition) is 4. The van der Waals surface area contributed by atoms with E-state index in [1.165, 1.54) is 18.2 Å². The van der Waals surface area contributed by atoms with Gasteiger partial charge in [-0.25, -0.2) is 0 Å². The summed E-state index contributed by atoms with van der Waals surface area (Å²) in [6, 6.07) is 4.02. The van der Waals surface area contributed by atoms with E-state index >= 15 is 0 Å². The number of rotatable bonds is 4. The number of benzene rings is 1. The van der Waals surface area contributed by atoms with Crippen LogP contribution in [0.15, 0.2) is 17.3 Å². The molecule has 0 unspecified atom stereocenters. The van der Waals surface area contributed by atoms with E-state index < -0.39 is 0 Å². The third-order valence-corrected chi connectivity index (χ3v) is 3.25. The number of ether oxygens (including phenoxy) is 2. The molecule has 0 heterocycles. The van der Waals surface area contributed by atoms with Gasteiger partial charge in [0.2, 0.25) is 0 Å². The van der Waals surface area contributed by atoms with Crippen molar-refractivity contribution in [2.45, 2.75) is 12.8 Å². The van der Waals surface area contributed by atoms with Crippen molar-refractivity contribution in [3.63, 3.8) is 0 Å². The van der Waals surface area contributed by atoms with Gasteiger partial charge in [0.25, 0.3) is 0 Å². The smallest absolute Gasteiger partial charge is 0.161 e. The van der Waals surface area contributed by atoms with Crippen LogP contribution in [-0.4, -0.2) is 27.2 Å². The maximum Gasteiger partial charge on any atom is 0.161 e. The minimum atomic E-state index is 0. The summed E-state index contributed by atoms with van der Waals surface area (Å²) >= 11 is 0. The van der Waals surface area contributed by atoms with Crippen LogP contribution in [0, 0.1) is 5.92 Å². The van der Waals surface area contributed by atoms with Crippen LogP contribution in [0.1, 0.15) is 11.1 Å². The molecule has 1 aromatic rings. The number of methoxy groups -OCH3 is 2. The number of nitrogens with zero attached hydrogens (tertiary/aromatic N) is 1. The normalized spacial score (nSPS) is 14.6. The van der Waals surface area contributed by atoms with Crippen LogP contribution >= 0.6 is 12.4 Å². The van der Waals surface area contributed by atoms with E-state index in [2.05, 4.69) is 5.16 Å². The highest BCUT2D eigenvalue weighted by atomic mass is 35.5. The van der Waals surface area contributed by atoms with E-state index in [0.29, 0.717) is 5.84 Å². The van der Waals surface area contributed by atoms with Crippen LogP contribution < -0.4 is 15.2 Å². The minimum Gasteiger partial charge on any atom is -0.493 e. The largest absolute Gasteiger partial charge is 0.493 e. The summed E-state index contributed by atoms with van der Waals surface area (Å²) in [5.74, 6) is 2.22. The molecule has 6 heteroatoms. The maximum absolute atomic E-state index is 5.87. The molecular weight excluding hydrogens is 268 g/mol. The van der Waals surface area contributed by atoms with Gasteiger partial charge in [-0.1, -0.05) is 5.16 Å². The summed E-state index contributed by atoms with van der Waals surface area (Å²) in [5, 5.41) is 3.81. The number of hydrogen-bond donors (Lipinski definition) is 1. The molecule has 1 aliphatic carbocycles. The summed E-state index contributed by atoms with van der Waals surface area (Å²) in [5.41, 5.74) is 8.33. The molecule has 0 radical (unpaired) electrons. The Morgan fingerprint density at radius 1 is 1.11 bits per heavy atom. The Labute approximate surface area is 119 Å². The lowest BCUT2D eigenvalue weighted by atomic mass is 10.1. The third-order valence-electron chi connectivity index (χ3n) is 3.25. The molecule has 0 fully saturated rings. The van der Waals surface area contributed by atoms with Gasteiger partial charge in [-0.2, -0.15) is 0 Å². The zero-order chi connectivity index (χ0) is 13.1. The predicted octanol–water partition coefficient (Wildman–Crippen LogP) is 1.76. The van der Waals surface area contributed by atoms with Crippen LogP contribution in [0.3, 0.4) is 0 Å². The van der Waals surface area contributed by atoms with E-state index in [1.807, 2.05) is 12.1 Å². The van der Waals surface area contributed by atoms with E-state index in [4.69, 9.17) is 20.0 Å². The first-order chi connectivity index (χ1) is 8.69. The van der Waals surface area contributed by atoms with Gasteiger partial charge in [0.1, 0.15) is 12.9 Å². The molecule has 106 valence electrons. The Bertz CT molecular complexity index is 444. The predicted molar refractivity (Wildman–Crippen MR) is 76.3 cm³/mol. The van der Waals surface area contributed by atoms with Crippen LogP contribution in [0.25, 0.3) is 0 Å². The molecule has 1 aromatic carbocycles. The molecule has 0 spiro atoms. The van der Waals surface area contributed by atoms with E-state index in [9.17, 15) is 0 Å². The molecule has 5 nitrogen and oxygen atoms in total. The van der Waals surface area contributed by atoms with Crippen molar-refractivity contribution in [3.05, 3.63) is 23.3 Å². The zero-order valence-corrected chi connectivity index (χ0v) is 12.1. The molecule has 0 atom stereocenters. The second kappa shape index (κ2) is 6.52. The van der Waals surface area contributed by atoms with Gasteiger partial charge < -0.3 is 20.0 Å². The zero-order valence-electron chi connectivity index (χ0n) is 11.3. The number of halogens is 1. The Morgan fingerprint density at radius 2 is 1.58 bits per heavy atom. The first-order valence-corrected chi connectivity index (χ1v) is 5.79. The summed E-state index contributed by atoms with van der Waals surface area (Å²) in [6.07, 6.45) is 1.71. The second-order valence-corrected chi connectivity index (χ2v) is 4.28. The highest BCUT2D eigenvalue weighted by molar-refractivity contribution is 5.85. The van der Waals surface area contributed by atoms with Crippen molar-refractivity contribution in [1.82, 2.24) is 0 Å². The van der Waals surface area contributed by atoms with Crippen molar-refractivity contribution < 1.29 is 14.3 Å². The topological polar surface area (TPSA) is 66.1 Å².